The quantitative estimate of drug-likeness (QED) is 0.684. The minimum Gasteiger partial charge on any atom is -0.454 e. The molecule has 0 saturated carbocycles. The molecule has 1 atom stereocenters. The van der Waals surface area contributed by atoms with Gasteiger partial charge in [0, 0.05) is 36.4 Å². The van der Waals surface area contributed by atoms with Crippen molar-refractivity contribution >= 4 is 29.2 Å². The number of amides is 4. The second kappa shape index (κ2) is 8.98. The number of aryl methyl sites for hydroxylation is 1. The number of carbonyl (C=O) groups excluding carboxylic acids is 3. The Bertz CT molecular complexity index is 1110. The fourth-order valence-corrected chi connectivity index (χ4v) is 4.65. The first-order valence-electron chi connectivity index (χ1n) is 11.5. The Morgan fingerprint density at radius 1 is 1.03 bits per heavy atom. The maximum Gasteiger partial charge on any atom is 0.333 e. The van der Waals surface area contributed by atoms with E-state index in [9.17, 15) is 14.4 Å². The van der Waals surface area contributed by atoms with E-state index in [1.807, 2.05) is 31.2 Å². The molecule has 9 nitrogen and oxygen atoms in total. The van der Waals surface area contributed by atoms with Gasteiger partial charge in [0.2, 0.25) is 12.7 Å². The number of nitrogens with zero attached hydrogens (tertiary/aromatic N) is 3. The molecular weight excluding hydrogens is 436 g/mol. The van der Waals surface area contributed by atoms with Crippen LogP contribution in [0.5, 0.6) is 11.5 Å². The van der Waals surface area contributed by atoms with E-state index in [0.717, 1.165) is 11.3 Å². The molecule has 1 N–H and O–H groups in total. The largest absolute Gasteiger partial charge is 0.454 e. The van der Waals surface area contributed by atoms with E-state index < -0.39 is 6.04 Å². The Hall–Kier alpha value is -3.59. The van der Waals surface area contributed by atoms with Gasteiger partial charge in [0.1, 0.15) is 6.04 Å². The molecule has 3 aliphatic rings. The van der Waals surface area contributed by atoms with Crippen LogP contribution in [0.25, 0.3) is 0 Å². The molecule has 0 spiro atoms. The number of nitrogens with one attached hydrogen (secondary N) is 1. The Morgan fingerprint density at radius 3 is 2.47 bits per heavy atom. The van der Waals surface area contributed by atoms with Gasteiger partial charge in [-0.3, -0.25) is 19.4 Å². The van der Waals surface area contributed by atoms with Crippen LogP contribution in [0.4, 0.5) is 16.2 Å². The Labute approximate surface area is 198 Å². The normalized spacial score (nSPS) is 20.8. The minimum absolute atomic E-state index is 0.0361. The van der Waals surface area contributed by atoms with Gasteiger partial charge in [0.05, 0.1) is 6.67 Å². The zero-order valence-corrected chi connectivity index (χ0v) is 19.3. The number of likely N-dealkylation sites (tertiary alicyclic amines) is 1. The molecule has 0 bridgehead atoms. The van der Waals surface area contributed by atoms with Gasteiger partial charge >= 0.3 is 6.03 Å². The summed E-state index contributed by atoms with van der Waals surface area (Å²) in [6.45, 7) is 5.43. The fraction of sp³-hybridized carbons (Fsp3) is 0.400. The summed E-state index contributed by atoms with van der Waals surface area (Å²) in [4.78, 5) is 43.6. The molecule has 3 heterocycles. The predicted octanol–water partition coefficient (Wildman–Crippen LogP) is 3.19. The summed E-state index contributed by atoms with van der Waals surface area (Å²) in [5, 5.41) is 2.96. The molecule has 3 aliphatic heterocycles. The maximum absolute atomic E-state index is 13.1. The minimum atomic E-state index is -0.541. The second-order valence-corrected chi connectivity index (χ2v) is 9.02. The van der Waals surface area contributed by atoms with Crippen molar-refractivity contribution in [3.05, 3.63) is 48.0 Å². The molecule has 4 amide bonds. The second-order valence-electron chi connectivity index (χ2n) is 9.02. The first-order valence-corrected chi connectivity index (χ1v) is 11.5. The lowest BCUT2D eigenvalue weighted by atomic mass is 9.96. The van der Waals surface area contributed by atoms with Gasteiger partial charge in [-0.2, -0.15) is 0 Å². The van der Waals surface area contributed by atoms with E-state index in [1.165, 1.54) is 4.90 Å². The number of urea groups is 1. The number of imide groups is 1. The van der Waals surface area contributed by atoms with Gasteiger partial charge in [-0.05, 0) is 51.0 Å². The van der Waals surface area contributed by atoms with Crippen LogP contribution < -0.4 is 19.7 Å². The van der Waals surface area contributed by atoms with Gasteiger partial charge in [0.15, 0.2) is 11.5 Å². The zero-order chi connectivity index (χ0) is 23.8. The SMILES string of the molecule is Cc1ccc(N2C(=O)N(CN3CCC(C(=O)Nc4ccc5c(c4)OCO5)CC3)C(=O)C2C)cc1. The van der Waals surface area contributed by atoms with E-state index in [0.29, 0.717) is 43.1 Å². The third kappa shape index (κ3) is 4.19. The van der Waals surface area contributed by atoms with Gasteiger partial charge < -0.3 is 14.8 Å². The van der Waals surface area contributed by atoms with Crippen molar-refractivity contribution in [1.29, 1.82) is 0 Å². The summed E-state index contributed by atoms with van der Waals surface area (Å²) in [5.41, 5.74) is 2.49. The van der Waals surface area contributed by atoms with Gasteiger partial charge in [0.25, 0.3) is 5.91 Å². The Morgan fingerprint density at radius 2 is 1.74 bits per heavy atom. The van der Waals surface area contributed by atoms with Crippen LogP contribution in [0.1, 0.15) is 25.3 Å². The van der Waals surface area contributed by atoms with E-state index in [1.54, 1.807) is 30.0 Å². The van der Waals surface area contributed by atoms with Crippen LogP contribution in [0.3, 0.4) is 0 Å². The average Bonchev–Trinajstić information content (AvgIpc) is 3.38. The third-order valence-corrected chi connectivity index (χ3v) is 6.70. The topological polar surface area (TPSA) is 91.4 Å². The third-order valence-electron chi connectivity index (χ3n) is 6.70. The molecule has 0 aliphatic carbocycles. The van der Waals surface area contributed by atoms with Crippen LogP contribution in [-0.2, 0) is 9.59 Å². The number of carbonyl (C=O) groups is 3. The molecule has 5 rings (SSSR count). The van der Waals surface area contributed by atoms with E-state index in [4.69, 9.17) is 9.47 Å². The smallest absolute Gasteiger partial charge is 0.333 e. The predicted molar refractivity (Wildman–Crippen MR) is 126 cm³/mol. The number of ether oxygens (including phenoxy) is 2. The Kier molecular flexibility index (Phi) is 5.87. The monoisotopic (exact) mass is 464 g/mol. The van der Waals surface area contributed by atoms with Crippen molar-refractivity contribution in [2.75, 3.05) is 36.8 Å². The van der Waals surface area contributed by atoms with Crippen molar-refractivity contribution in [3.8, 4) is 11.5 Å². The summed E-state index contributed by atoms with van der Waals surface area (Å²) in [6, 6.07) is 12.1. The lowest BCUT2D eigenvalue weighted by molar-refractivity contribution is -0.129. The van der Waals surface area contributed by atoms with Crippen LogP contribution >= 0.6 is 0 Å². The standard InChI is InChI=1S/C25H28N4O5/c1-16-3-6-20(7-4-16)29-17(2)24(31)28(25(29)32)14-27-11-9-18(10-12-27)23(30)26-19-5-8-21-22(13-19)34-15-33-21/h3-8,13,17-18H,9-12,14-15H2,1-2H3,(H,26,30). The molecule has 34 heavy (non-hydrogen) atoms. The van der Waals surface area contributed by atoms with Crippen LogP contribution in [0.15, 0.2) is 42.5 Å². The van der Waals surface area contributed by atoms with Crippen molar-refractivity contribution in [2.24, 2.45) is 5.92 Å². The van der Waals surface area contributed by atoms with Gasteiger partial charge in [-0.15, -0.1) is 0 Å². The molecule has 178 valence electrons. The lowest BCUT2D eigenvalue weighted by Crippen LogP contribution is -2.46. The highest BCUT2D eigenvalue weighted by atomic mass is 16.7. The average molecular weight is 465 g/mol. The number of rotatable bonds is 5. The van der Waals surface area contributed by atoms with Crippen LogP contribution in [-0.4, -0.2) is 60.2 Å². The van der Waals surface area contributed by atoms with Crippen molar-refractivity contribution < 1.29 is 23.9 Å². The summed E-state index contributed by atoms with van der Waals surface area (Å²) in [5.74, 6) is 0.933. The lowest BCUT2D eigenvalue weighted by Gasteiger charge is -2.33. The number of piperidine rings is 1. The first kappa shape index (κ1) is 22.2. The summed E-state index contributed by atoms with van der Waals surface area (Å²) >= 11 is 0. The van der Waals surface area contributed by atoms with Crippen molar-refractivity contribution in [3.63, 3.8) is 0 Å². The van der Waals surface area contributed by atoms with Crippen molar-refractivity contribution in [1.82, 2.24) is 9.80 Å². The van der Waals surface area contributed by atoms with Gasteiger partial charge in [-0.25, -0.2) is 9.69 Å². The summed E-state index contributed by atoms with van der Waals surface area (Å²) < 4.78 is 10.7. The van der Waals surface area contributed by atoms with E-state index in [-0.39, 0.29) is 37.2 Å². The number of hydrogen-bond acceptors (Lipinski definition) is 6. The number of benzene rings is 2. The summed E-state index contributed by atoms with van der Waals surface area (Å²) in [6.07, 6.45) is 1.31. The van der Waals surface area contributed by atoms with Crippen LogP contribution in [0.2, 0.25) is 0 Å². The molecule has 0 radical (unpaired) electrons. The summed E-state index contributed by atoms with van der Waals surface area (Å²) in [7, 11) is 0. The molecule has 2 fully saturated rings. The highest BCUT2D eigenvalue weighted by Gasteiger charge is 2.44. The van der Waals surface area contributed by atoms with Gasteiger partial charge in [-0.1, -0.05) is 17.7 Å². The number of anilines is 2. The molecule has 9 heteroatoms. The first-order chi connectivity index (χ1) is 16.4. The molecule has 2 aromatic carbocycles. The fourth-order valence-electron chi connectivity index (χ4n) is 4.65. The number of fused-ring (bicyclic) bond motifs is 1. The Balaban J connectivity index is 1.16. The molecule has 0 aromatic heterocycles. The molecule has 1 unspecified atom stereocenters. The molecule has 2 saturated heterocycles. The maximum atomic E-state index is 13.1. The van der Waals surface area contributed by atoms with E-state index in [2.05, 4.69) is 10.2 Å². The highest BCUT2D eigenvalue weighted by molar-refractivity contribution is 6.14. The molecular formula is C25H28N4O5. The zero-order valence-electron chi connectivity index (χ0n) is 19.3. The number of hydrogen-bond donors (Lipinski definition) is 1. The highest BCUT2D eigenvalue weighted by Crippen LogP contribution is 2.34. The van der Waals surface area contributed by atoms with Crippen LogP contribution in [0, 0.1) is 12.8 Å². The van der Waals surface area contributed by atoms with Crippen molar-refractivity contribution in [2.45, 2.75) is 32.7 Å². The molecule has 2 aromatic rings. The van der Waals surface area contributed by atoms with E-state index >= 15 is 0 Å².